The predicted octanol–water partition coefficient (Wildman–Crippen LogP) is 4.58. The average Bonchev–Trinajstić information content (AvgIpc) is 2.80. The van der Waals surface area contributed by atoms with Gasteiger partial charge in [0.05, 0.1) is 13.3 Å². The van der Waals surface area contributed by atoms with E-state index in [4.69, 9.17) is 4.74 Å². The minimum atomic E-state index is -1.88. The Bertz CT molecular complexity index is 906. The predicted molar refractivity (Wildman–Crippen MR) is 120 cm³/mol. The van der Waals surface area contributed by atoms with Crippen LogP contribution in [0, 0.1) is 0 Å². The smallest absolute Gasteiger partial charge is 0.212 e. The monoisotopic (exact) mass is 384 g/mol. The lowest BCUT2D eigenvalue weighted by Crippen LogP contribution is -2.32. The lowest BCUT2D eigenvalue weighted by atomic mass is 10.3. The lowest BCUT2D eigenvalue weighted by Gasteiger charge is -2.27. The van der Waals surface area contributed by atoms with Crippen LogP contribution in [0.1, 0.15) is 5.56 Å². The van der Waals surface area contributed by atoms with E-state index in [2.05, 4.69) is 102 Å². The van der Waals surface area contributed by atoms with Gasteiger partial charge in [0.25, 0.3) is 0 Å². The summed E-state index contributed by atoms with van der Waals surface area (Å²) in [6.07, 6.45) is 2.87. The molecule has 3 heteroatoms. The molecule has 0 aliphatic heterocycles. The molecule has 0 bridgehead atoms. The fourth-order valence-corrected chi connectivity index (χ4v) is 7.89. The highest BCUT2D eigenvalue weighted by atomic mass is 31.2. The minimum Gasteiger partial charge on any atom is -0.481 e. The van der Waals surface area contributed by atoms with Crippen LogP contribution in [0.5, 0.6) is 5.88 Å². The normalized spacial score (nSPS) is 11.2. The van der Waals surface area contributed by atoms with E-state index in [1.807, 2.05) is 12.3 Å². The van der Waals surface area contributed by atoms with E-state index >= 15 is 0 Å². The maximum atomic E-state index is 5.25. The first kappa shape index (κ1) is 18.4. The Balaban J connectivity index is 1.95. The Hall–Kier alpha value is -2.96. The van der Waals surface area contributed by atoms with E-state index in [1.54, 1.807) is 7.11 Å². The van der Waals surface area contributed by atoms with Crippen LogP contribution in [0.25, 0.3) is 0 Å². The van der Waals surface area contributed by atoms with Crippen LogP contribution < -0.4 is 20.7 Å². The van der Waals surface area contributed by atoms with Gasteiger partial charge in [-0.15, -0.1) is 0 Å². The van der Waals surface area contributed by atoms with Crippen molar-refractivity contribution >= 4 is 23.2 Å². The molecule has 1 heterocycles. The summed E-state index contributed by atoms with van der Waals surface area (Å²) in [5, 5.41) is 4.13. The number of ether oxygens (including phenoxy) is 1. The van der Waals surface area contributed by atoms with Gasteiger partial charge in [0.15, 0.2) is 0 Å². The van der Waals surface area contributed by atoms with Crippen LogP contribution in [0.15, 0.2) is 109 Å². The highest BCUT2D eigenvalue weighted by molar-refractivity contribution is 7.95. The van der Waals surface area contributed by atoms with E-state index in [1.165, 1.54) is 21.5 Å². The Morgan fingerprint density at radius 2 is 1.11 bits per heavy atom. The van der Waals surface area contributed by atoms with Gasteiger partial charge in [0.2, 0.25) is 5.88 Å². The number of benzene rings is 3. The van der Waals surface area contributed by atoms with Crippen molar-refractivity contribution in [1.29, 1.82) is 0 Å². The first-order valence-electron chi connectivity index (χ1n) is 9.37. The van der Waals surface area contributed by atoms with E-state index in [0.29, 0.717) is 5.88 Å². The van der Waals surface area contributed by atoms with Crippen molar-refractivity contribution in [3.63, 3.8) is 0 Å². The van der Waals surface area contributed by atoms with Gasteiger partial charge in [-0.1, -0.05) is 54.6 Å². The van der Waals surface area contributed by atoms with Gasteiger partial charge >= 0.3 is 0 Å². The van der Waals surface area contributed by atoms with Gasteiger partial charge in [-0.05, 0) is 42.5 Å². The Morgan fingerprint density at radius 1 is 0.643 bits per heavy atom. The molecule has 3 aromatic carbocycles. The molecule has 0 radical (unpaired) electrons. The number of nitrogens with zero attached hydrogens (tertiary/aromatic N) is 1. The Morgan fingerprint density at radius 3 is 1.46 bits per heavy atom. The molecule has 0 spiro atoms. The van der Waals surface area contributed by atoms with E-state index in [9.17, 15) is 0 Å². The summed E-state index contributed by atoms with van der Waals surface area (Å²) < 4.78 is 5.25. The first-order valence-corrected chi connectivity index (χ1v) is 11.3. The van der Waals surface area contributed by atoms with Crippen molar-refractivity contribution in [2.45, 2.75) is 6.16 Å². The summed E-state index contributed by atoms with van der Waals surface area (Å²) in [6, 6.07) is 36.8. The molecular weight excluding hydrogens is 361 g/mol. The topological polar surface area (TPSA) is 22.1 Å². The summed E-state index contributed by atoms with van der Waals surface area (Å²) in [4.78, 5) is 4.46. The fraction of sp³-hybridized carbons (Fsp3) is 0.0800. The average molecular weight is 384 g/mol. The SMILES string of the molecule is COc1ccc(C[P+](c2ccccc2)(c2ccccc2)c2ccccc2)cn1. The van der Waals surface area contributed by atoms with Crippen molar-refractivity contribution in [2.75, 3.05) is 7.11 Å². The number of aromatic nitrogens is 1. The number of hydrogen-bond donors (Lipinski definition) is 0. The van der Waals surface area contributed by atoms with Gasteiger partial charge in [-0.25, -0.2) is 4.98 Å². The summed E-state index contributed by atoms with van der Waals surface area (Å²) in [5.74, 6) is 0.645. The number of pyridine rings is 1. The molecule has 0 saturated heterocycles. The second kappa shape index (κ2) is 8.37. The lowest BCUT2D eigenvalue weighted by molar-refractivity contribution is 0.397. The van der Waals surface area contributed by atoms with Crippen LogP contribution >= 0.6 is 7.26 Å². The molecular formula is C25H23NOP+. The number of rotatable bonds is 6. The molecule has 1 aromatic heterocycles. The van der Waals surface area contributed by atoms with Crippen LogP contribution in [-0.2, 0) is 6.16 Å². The molecule has 0 unspecified atom stereocenters. The summed E-state index contributed by atoms with van der Waals surface area (Å²) >= 11 is 0. The molecule has 0 aliphatic rings. The second-order valence-electron chi connectivity index (χ2n) is 6.68. The summed E-state index contributed by atoms with van der Waals surface area (Å²) in [7, 11) is -0.230. The van der Waals surface area contributed by atoms with Gasteiger partial charge in [0.1, 0.15) is 23.2 Å². The molecule has 4 rings (SSSR count). The highest BCUT2D eigenvalue weighted by Crippen LogP contribution is 2.58. The maximum Gasteiger partial charge on any atom is 0.212 e. The molecule has 0 aliphatic carbocycles. The molecule has 2 nitrogen and oxygen atoms in total. The number of methoxy groups -OCH3 is 1. The fourth-order valence-electron chi connectivity index (χ4n) is 3.67. The highest BCUT2D eigenvalue weighted by Gasteiger charge is 2.45. The van der Waals surface area contributed by atoms with Crippen molar-refractivity contribution in [3.8, 4) is 5.88 Å². The molecule has 0 N–H and O–H groups in total. The molecule has 0 fully saturated rings. The van der Waals surface area contributed by atoms with Crippen LogP contribution in [0.3, 0.4) is 0 Å². The van der Waals surface area contributed by atoms with Gasteiger partial charge in [-0.2, -0.15) is 0 Å². The maximum absolute atomic E-state index is 5.25. The second-order valence-corrected chi connectivity index (χ2v) is 10.2. The molecule has 0 saturated carbocycles. The van der Waals surface area contributed by atoms with Crippen LogP contribution in [0.4, 0.5) is 0 Å². The third-order valence-electron chi connectivity index (χ3n) is 5.02. The molecule has 0 atom stereocenters. The zero-order chi connectivity index (χ0) is 19.2. The third kappa shape index (κ3) is 3.56. The zero-order valence-corrected chi connectivity index (χ0v) is 16.8. The Kier molecular flexibility index (Phi) is 5.50. The van der Waals surface area contributed by atoms with Gasteiger partial charge < -0.3 is 4.74 Å². The quantitative estimate of drug-likeness (QED) is 0.454. The van der Waals surface area contributed by atoms with Crippen molar-refractivity contribution in [1.82, 2.24) is 4.98 Å². The molecule has 0 amide bonds. The van der Waals surface area contributed by atoms with Crippen LogP contribution in [-0.4, -0.2) is 12.1 Å². The van der Waals surface area contributed by atoms with Crippen molar-refractivity contribution in [2.24, 2.45) is 0 Å². The van der Waals surface area contributed by atoms with Gasteiger partial charge in [-0.3, -0.25) is 0 Å². The number of hydrogen-bond acceptors (Lipinski definition) is 2. The molecule has 4 aromatic rings. The summed E-state index contributed by atoms with van der Waals surface area (Å²) in [6.45, 7) is 0. The van der Waals surface area contributed by atoms with Crippen LogP contribution in [0.2, 0.25) is 0 Å². The molecule has 28 heavy (non-hydrogen) atoms. The van der Waals surface area contributed by atoms with E-state index in [0.717, 1.165) is 6.16 Å². The molecule has 138 valence electrons. The standard InChI is InChI=1S/C25H23NOP/c1-27-25-18-17-21(19-26-25)20-28(22-11-5-2-6-12-22,23-13-7-3-8-14-23)24-15-9-4-10-16-24/h2-19H,20H2,1H3/q+1. The first-order chi connectivity index (χ1) is 13.8. The zero-order valence-electron chi connectivity index (χ0n) is 15.9. The van der Waals surface area contributed by atoms with Crippen molar-refractivity contribution < 1.29 is 4.74 Å². The van der Waals surface area contributed by atoms with Gasteiger partial charge in [0, 0.05) is 17.8 Å². The van der Waals surface area contributed by atoms with E-state index < -0.39 is 7.26 Å². The minimum absolute atomic E-state index is 0.645. The largest absolute Gasteiger partial charge is 0.481 e. The van der Waals surface area contributed by atoms with Crippen molar-refractivity contribution in [3.05, 3.63) is 115 Å². The summed E-state index contributed by atoms with van der Waals surface area (Å²) in [5.41, 5.74) is 1.21. The van der Waals surface area contributed by atoms with E-state index in [-0.39, 0.29) is 0 Å². The third-order valence-corrected chi connectivity index (χ3v) is 9.40. The Labute approximate surface area is 167 Å².